The lowest BCUT2D eigenvalue weighted by Crippen LogP contribution is -2.30. The van der Waals surface area contributed by atoms with Crippen LogP contribution in [0.3, 0.4) is 0 Å². The Kier molecular flexibility index (Phi) is 5.94. The number of nitrogens with zero attached hydrogens (tertiary/aromatic N) is 1. The van der Waals surface area contributed by atoms with Gasteiger partial charge in [0.15, 0.2) is 5.69 Å². The van der Waals surface area contributed by atoms with Crippen LogP contribution >= 0.6 is 11.3 Å². The van der Waals surface area contributed by atoms with Gasteiger partial charge in [-0.1, -0.05) is 12.2 Å². The molecule has 0 spiro atoms. The second kappa shape index (κ2) is 8.61. The quantitative estimate of drug-likeness (QED) is 0.692. The topological polar surface area (TPSA) is 88.9 Å². The summed E-state index contributed by atoms with van der Waals surface area (Å²) in [5.74, 6) is -0.550. The molecule has 2 aliphatic rings. The molecule has 2 fully saturated rings. The minimum atomic E-state index is -1.04. The van der Waals surface area contributed by atoms with Crippen LogP contribution in [-0.4, -0.2) is 40.0 Å². The van der Waals surface area contributed by atoms with Gasteiger partial charge in [-0.3, -0.25) is 0 Å². The minimum Gasteiger partial charge on any atom is -0.490 e. The van der Waals surface area contributed by atoms with Gasteiger partial charge in [0.05, 0.1) is 12.2 Å². The van der Waals surface area contributed by atoms with Gasteiger partial charge in [-0.05, 0) is 43.0 Å². The molecule has 0 bridgehead atoms. The second-order valence-electron chi connectivity index (χ2n) is 7.35. The minimum absolute atomic E-state index is 0.0105. The zero-order chi connectivity index (χ0) is 20.4. The number of carboxylic acid groups (broad SMARTS) is 1. The number of carboxylic acids is 1. The molecule has 4 rings (SSSR count). The largest absolute Gasteiger partial charge is 0.490 e. The molecule has 1 aliphatic carbocycles. The fourth-order valence-corrected chi connectivity index (χ4v) is 5.00. The van der Waals surface area contributed by atoms with Crippen molar-refractivity contribution < 1.29 is 28.9 Å². The van der Waals surface area contributed by atoms with Crippen molar-refractivity contribution in [1.29, 1.82) is 0 Å². The molecule has 2 aromatic rings. The maximum absolute atomic E-state index is 12.9. The molecule has 0 radical (unpaired) electrons. The van der Waals surface area contributed by atoms with Gasteiger partial charge in [-0.15, -0.1) is 11.3 Å². The van der Waals surface area contributed by atoms with Crippen LogP contribution in [0.1, 0.15) is 40.9 Å². The first kappa shape index (κ1) is 20.0. The highest BCUT2D eigenvalue weighted by molar-refractivity contribution is 7.09. The first-order chi connectivity index (χ1) is 14.0. The monoisotopic (exact) mass is 419 g/mol. The number of hydrogen-bond acceptors (Lipinski definition) is 6. The molecule has 1 saturated heterocycles. The summed E-state index contributed by atoms with van der Waals surface area (Å²) < 4.78 is 24.7. The van der Waals surface area contributed by atoms with Gasteiger partial charge >= 0.3 is 5.97 Å². The predicted octanol–water partition coefficient (Wildman–Crippen LogP) is 3.83. The van der Waals surface area contributed by atoms with E-state index in [1.165, 1.54) is 28.8 Å². The first-order valence-corrected chi connectivity index (χ1v) is 10.5. The molecule has 1 aliphatic heterocycles. The Morgan fingerprint density at radius 2 is 2.14 bits per heavy atom. The number of rotatable bonds is 6. The number of aromatic carboxylic acids is 1. The van der Waals surface area contributed by atoms with Crippen LogP contribution in [0.15, 0.2) is 41.8 Å². The van der Waals surface area contributed by atoms with Gasteiger partial charge in [0.25, 0.3) is 0 Å². The molecular formula is C21H22FNO5S. The Bertz CT molecular complexity index is 883. The van der Waals surface area contributed by atoms with Crippen LogP contribution in [0.4, 0.5) is 4.39 Å². The molecule has 29 heavy (non-hydrogen) atoms. The lowest BCUT2D eigenvalue weighted by molar-refractivity contribution is -0.0767. The highest BCUT2D eigenvalue weighted by atomic mass is 32.1. The van der Waals surface area contributed by atoms with Crippen molar-refractivity contribution in [1.82, 2.24) is 4.98 Å². The van der Waals surface area contributed by atoms with Gasteiger partial charge in [0.1, 0.15) is 29.3 Å². The van der Waals surface area contributed by atoms with E-state index in [4.69, 9.17) is 14.6 Å². The number of aliphatic hydroxyl groups is 1. The van der Waals surface area contributed by atoms with E-state index in [1.807, 2.05) is 12.2 Å². The summed E-state index contributed by atoms with van der Waals surface area (Å²) in [6.07, 6.45) is 5.25. The third kappa shape index (κ3) is 4.49. The normalized spacial score (nSPS) is 29.1. The molecule has 2 heterocycles. The highest BCUT2D eigenvalue weighted by Crippen LogP contribution is 2.46. The standard InChI is InChI=1S/C21H22FNO5S/c22-12-3-5-13(6-4-12)27-9-1-2-14-15-7-8-18(28-19(15)10-17(14)24)20-23-16(11-29-20)21(25)26/h1-6,11,14-15,17-19,24H,7-10H2,(H,25,26)/b2-1+/t14-,15-,17-,18-,19+/m1/s1. The number of thiazole rings is 1. The summed E-state index contributed by atoms with van der Waals surface area (Å²) in [4.78, 5) is 15.2. The number of ether oxygens (including phenoxy) is 2. The van der Waals surface area contributed by atoms with Crippen molar-refractivity contribution in [2.45, 2.75) is 37.6 Å². The number of aromatic nitrogens is 1. The summed E-state index contributed by atoms with van der Waals surface area (Å²) in [7, 11) is 0. The third-order valence-electron chi connectivity index (χ3n) is 5.53. The Hall–Kier alpha value is -2.29. The van der Waals surface area contributed by atoms with Crippen molar-refractivity contribution in [2.24, 2.45) is 11.8 Å². The number of aliphatic hydroxyl groups excluding tert-OH is 1. The second-order valence-corrected chi connectivity index (χ2v) is 8.24. The van der Waals surface area contributed by atoms with Gasteiger partial charge in [-0.25, -0.2) is 14.2 Å². The molecular weight excluding hydrogens is 397 g/mol. The lowest BCUT2D eigenvalue weighted by Gasteiger charge is -2.33. The molecule has 8 heteroatoms. The van der Waals surface area contributed by atoms with E-state index in [1.54, 1.807) is 12.1 Å². The average molecular weight is 419 g/mol. The van der Waals surface area contributed by atoms with E-state index < -0.39 is 12.1 Å². The van der Waals surface area contributed by atoms with Crippen LogP contribution in [0.2, 0.25) is 0 Å². The van der Waals surface area contributed by atoms with Crippen molar-refractivity contribution >= 4 is 17.3 Å². The van der Waals surface area contributed by atoms with Crippen LogP contribution in [0.25, 0.3) is 0 Å². The Morgan fingerprint density at radius 3 is 2.86 bits per heavy atom. The van der Waals surface area contributed by atoms with Crippen LogP contribution < -0.4 is 4.74 Å². The number of carbonyl (C=O) groups is 1. The van der Waals surface area contributed by atoms with Crippen molar-refractivity contribution in [3.8, 4) is 5.75 Å². The molecule has 1 aromatic carbocycles. The van der Waals surface area contributed by atoms with Crippen molar-refractivity contribution in [3.63, 3.8) is 0 Å². The number of fused-ring (bicyclic) bond motifs is 1. The highest BCUT2D eigenvalue weighted by Gasteiger charge is 2.45. The number of hydrogen-bond donors (Lipinski definition) is 2. The van der Waals surface area contributed by atoms with Crippen molar-refractivity contribution in [2.75, 3.05) is 6.61 Å². The van der Waals surface area contributed by atoms with E-state index in [-0.39, 0.29) is 35.6 Å². The van der Waals surface area contributed by atoms with E-state index >= 15 is 0 Å². The first-order valence-electron chi connectivity index (χ1n) is 9.58. The van der Waals surface area contributed by atoms with Gasteiger partial charge in [0, 0.05) is 17.7 Å². The van der Waals surface area contributed by atoms with Gasteiger partial charge in [0.2, 0.25) is 0 Å². The Labute approximate surface area is 171 Å². The molecule has 5 atom stereocenters. The maximum atomic E-state index is 12.9. The number of halogens is 1. The molecule has 0 unspecified atom stereocenters. The zero-order valence-electron chi connectivity index (χ0n) is 15.6. The summed E-state index contributed by atoms with van der Waals surface area (Å²) in [5.41, 5.74) is 0.0455. The van der Waals surface area contributed by atoms with E-state index in [2.05, 4.69) is 4.98 Å². The van der Waals surface area contributed by atoms with E-state index in [9.17, 15) is 14.3 Å². The van der Waals surface area contributed by atoms with Gasteiger partial charge < -0.3 is 19.7 Å². The van der Waals surface area contributed by atoms with Crippen LogP contribution in [0.5, 0.6) is 5.75 Å². The molecule has 154 valence electrons. The summed E-state index contributed by atoms with van der Waals surface area (Å²) in [6, 6.07) is 5.85. The lowest BCUT2D eigenvalue weighted by atomic mass is 9.86. The Morgan fingerprint density at radius 1 is 1.34 bits per heavy atom. The summed E-state index contributed by atoms with van der Waals surface area (Å²) in [5, 5.41) is 21.7. The fourth-order valence-electron chi connectivity index (χ4n) is 4.14. The fraction of sp³-hybridized carbons (Fsp3) is 0.429. The van der Waals surface area contributed by atoms with Crippen molar-refractivity contribution in [3.05, 3.63) is 58.3 Å². The van der Waals surface area contributed by atoms with Gasteiger partial charge in [-0.2, -0.15) is 0 Å². The SMILES string of the molecule is O=C(O)c1csc([C@H]2CC[C@@H]3[C@@H](/C=C/COc4ccc(F)cc4)[C@H](O)C[C@@H]3O2)n1. The summed E-state index contributed by atoms with van der Waals surface area (Å²) >= 11 is 1.30. The summed E-state index contributed by atoms with van der Waals surface area (Å²) in [6.45, 7) is 0.340. The molecule has 0 amide bonds. The Balaban J connectivity index is 1.33. The predicted molar refractivity (Wildman–Crippen MR) is 105 cm³/mol. The molecule has 6 nitrogen and oxygen atoms in total. The smallest absolute Gasteiger partial charge is 0.355 e. The van der Waals surface area contributed by atoms with Crippen LogP contribution in [0, 0.1) is 17.7 Å². The molecule has 1 aromatic heterocycles. The van der Waals surface area contributed by atoms with E-state index in [0.29, 0.717) is 23.8 Å². The van der Waals surface area contributed by atoms with E-state index in [0.717, 1.165) is 12.8 Å². The van der Waals surface area contributed by atoms with Crippen LogP contribution in [-0.2, 0) is 4.74 Å². The number of benzene rings is 1. The maximum Gasteiger partial charge on any atom is 0.355 e. The zero-order valence-corrected chi connectivity index (χ0v) is 16.4. The third-order valence-corrected chi connectivity index (χ3v) is 6.46. The molecule has 2 N–H and O–H groups in total. The molecule has 1 saturated carbocycles. The average Bonchev–Trinajstić information content (AvgIpc) is 3.31.